The van der Waals surface area contributed by atoms with Crippen LogP contribution < -0.4 is 10.6 Å². The van der Waals surface area contributed by atoms with Gasteiger partial charge in [-0.3, -0.25) is 9.78 Å². The highest BCUT2D eigenvalue weighted by Crippen LogP contribution is 2.28. The van der Waals surface area contributed by atoms with E-state index in [1.807, 2.05) is 0 Å². The Balaban J connectivity index is 1.57. The minimum absolute atomic E-state index is 0.0281. The van der Waals surface area contributed by atoms with Gasteiger partial charge in [-0.25, -0.2) is 8.78 Å². The Bertz CT molecular complexity index is 1010. The van der Waals surface area contributed by atoms with Gasteiger partial charge in [-0.2, -0.15) is 0 Å². The molecule has 3 rings (SSSR count). The second-order valence-corrected chi connectivity index (χ2v) is 6.56. The molecule has 156 valence electrons. The van der Waals surface area contributed by atoms with Crippen LogP contribution in [0.2, 0.25) is 0 Å². The summed E-state index contributed by atoms with van der Waals surface area (Å²) in [5, 5.41) is 23.6. The van der Waals surface area contributed by atoms with E-state index < -0.39 is 12.0 Å². The highest BCUT2D eigenvalue weighted by molar-refractivity contribution is 5.95. The first kappa shape index (κ1) is 21.1. The Hall–Kier alpha value is -3.62. The predicted molar refractivity (Wildman–Crippen MR) is 108 cm³/mol. The van der Waals surface area contributed by atoms with E-state index in [1.54, 1.807) is 12.1 Å². The van der Waals surface area contributed by atoms with E-state index in [2.05, 4.69) is 25.8 Å². The third-order valence-corrected chi connectivity index (χ3v) is 4.44. The van der Waals surface area contributed by atoms with Crippen molar-refractivity contribution in [3.8, 4) is 17.0 Å². The molecule has 0 saturated carbocycles. The Kier molecular flexibility index (Phi) is 6.84. The topological polar surface area (TPSA) is 100 Å². The van der Waals surface area contributed by atoms with Crippen LogP contribution in [0.15, 0.2) is 48.7 Å². The number of nitrogens with zero attached hydrogens (tertiary/aromatic N) is 3. The molecule has 3 N–H and O–H groups in total. The van der Waals surface area contributed by atoms with Crippen molar-refractivity contribution in [2.45, 2.75) is 19.0 Å². The molecule has 0 aliphatic carbocycles. The molecular weight excluding hydrogens is 392 g/mol. The van der Waals surface area contributed by atoms with E-state index in [0.717, 1.165) is 0 Å². The van der Waals surface area contributed by atoms with Crippen molar-refractivity contribution in [1.29, 1.82) is 0 Å². The first-order valence-corrected chi connectivity index (χ1v) is 9.34. The molecule has 2 aromatic heterocycles. The SMILES string of the molecule is CNC(=O)c1ccc(O)c(-c2ccc(NCC[C@H](F)Cc3ncccc3F)nn2)c1. The van der Waals surface area contributed by atoms with Crippen LogP contribution in [0.5, 0.6) is 5.75 Å². The number of pyridine rings is 1. The Labute approximate surface area is 172 Å². The monoisotopic (exact) mass is 413 g/mol. The van der Waals surface area contributed by atoms with Crippen molar-refractivity contribution >= 4 is 11.7 Å². The van der Waals surface area contributed by atoms with Gasteiger partial charge in [-0.1, -0.05) is 0 Å². The molecule has 0 aliphatic heterocycles. The van der Waals surface area contributed by atoms with Gasteiger partial charge in [0.05, 0.1) is 11.4 Å². The van der Waals surface area contributed by atoms with E-state index in [1.165, 1.54) is 43.6 Å². The molecule has 0 saturated heterocycles. The second-order valence-electron chi connectivity index (χ2n) is 6.56. The number of hydrogen-bond acceptors (Lipinski definition) is 6. The maximum absolute atomic E-state index is 14.1. The first-order valence-electron chi connectivity index (χ1n) is 9.34. The number of alkyl halides is 1. The number of phenols is 1. The molecule has 7 nitrogen and oxygen atoms in total. The lowest BCUT2D eigenvalue weighted by atomic mass is 10.1. The summed E-state index contributed by atoms with van der Waals surface area (Å²) in [6.07, 6.45) is 0.232. The van der Waals surface area contributed by atoms with Gasteiger partial charge in [-0.05, 0) is 48.9 Å². The minimum Gasteiger partial charge on any atom is -0.507 e. The lowest BCUT2D eigenvalue weighted by Gasteiger charge is -2.10. The zero-order valence-electron chi connectivity index (χ0n) is 16.3. The molecule has 1 aromatic carbocycles. The van der Waals surface area contributed by atoms with Crippen molar-refractivity contribution in [2.24, 2.45) is 0 Å². The lowest BCUT2D eigenvalue weighted by molar-refractivity contribution is 0.0963. The second kappa shape index (κ2) is 9.73. The van der Waals surface area contributed by atoms with Crippen LogP contribution in [0.4, 0.5) is 14.6 Å². The third-order valence-electron chi connectivity index (χ3n) is 4.44. The molecule has 0 radical (unpaired) electrons. The zero-order valence-corrected chi connectivity index (χ0v) is 16.3. The molecule has 30 heavy (non-hydrogen) atoms. The quantitative estimate of drug-likeness (QED) is 0.525. The van der Waals surface area contributed by atoms with Crippen LogP contribution in [-0.2, 0) is 6.42 Å². The van der Waals surface area contributed by atoms with Crippen molar-refractivity contribution in [2.75, 3.05) is 18.9 Å². The number of rotatable bonds is 8. The molecule has 9 heteroatoms. The Morgan fingerprint density at radius 2 is 2.03 bits per heavy atom. The Morgan fingerprint density at radius 1 is 1.20 bits per heavy atom. The standard InChI is InChI=1S/C21H21F2N5O2/c1-24-21(30)13-4-6-19(29)15(11-13)17-5-7-20(28-27-17)26-10-8-14(22)12-18-16(23)3-2-9-25-18/h2-7,9,11,14,29H,8,10,12H2,1H3,(H,24,30)(H,26,28)/t14-/m0/s1. The van der Waals surface area contributed by atoms with Gasteiger partial charge in [0, 0.05) is 37.3 Å². The molecular formula is C21H21F2N5O2. The van der Waals surface area contributed by atoms with Gasteiger partial charge in [-0.15, -0.1) is 10.2 Å². The number of nitrogens with one attached hydrogen (secondary N) is 2. The zero-order chi connectivity index (χ0) is 21.5. The minimum atomic E-state index is -1.25. The third kappa shape index (κ3) is 5.25. The number of benzene rings is 1. The largest absolute Gasteiger partial charge is 0.507 e. The van der Waals surface area contributed by atoms with Crippen LogP contribution >= 0.6 is 0 Å². The number of anilines is 1. The van der Waals surface area contributed by atoms with Crippen LogP contribution in [0.1, 0.15) is 22.5 Å². The van der Waals surface area contributed by atoms with Crippen molar-refractivity contribution < 1.29 is 18.7 Å². The molecule has 0 fully saturated rings. The summed E-state index contributed by atoms with van der Waals surface area (Å²) in [5.74, 6) is -0.399. The molecule has 0 bridgehead atoms. The van der Waals surface area contributed by atoms with Crippen LogP contribution in [0, 0.1) is 5.82 Å². The highest BCUT2D eigenvalue weighted by Gasteiger charge is 2.13. The maximum atomic E-state index is 14.1. The van der Waals surface area contributed by atoms with E-state index in [4.69, 9.17) is 0 Å². The Morgan fingerprint density at radius 3 is 2.73 bits per heavy atom. The van der Waals surface area contributed by atoms with Gasteiger partial charge >= 0.3 is 0 Å². The fraction of sp³-hybridized carbons (Fsp3) is 0.238. The predicted octanol–water partition coefficient (Wildman–Crippen LogP) is 3.13. The van der Waals surface area contributed by atoms with Crippen molar-refractivity contribution in [3.63, 3.8) is 0 Å². The maximum Gasteiger partial charge on any atom is 0.251 e. The first-order chi connectivity index (χ1) is 14.5. The molecule has 0 unspecified atom stereocenters. The van der Waals surface area contributed by atoms with Crippen molar-refractivity contribution in [1.82, 2.24) is 20.5 Å². The summed E-state index contributed by atoms with van der Waals surface area (Å²) < 4.78 is 27.6. The van der Waals surface area contributed by atoms with E-state index >= 15 is 0 Å². The molecule has 3 aromatic rings. The van der Waals surface area contributed by atoms with Gasteiger partial charge < -0.3 is 15.7 Å². The van der Waals surface area contributed by atoms with Gasteiger partial charge in [0.15, 0.2) is 0 Å². The number of amides is 1. The lowest BCUT2D eigenvalue weighted by Crippen LogP contribution is -2.17. The van der Waals surface area contributed by atoms with Crippen molar-refractivity contribution in [3.05, 3.63) is 65.7 Å². The number of aromatic hydroxyl groups is 1. The summed E-state index contributed by atoms with van der Waals surface area (Å²) in [4.78, 5) is 15.6. The fourth-order valence-corrected chi connectivity index (χ4v) is 2.83. The van der Waals surface area contributed by atoms with Gasteiger partial charge in [0.2, 0.25) is 0 Å². The fourth-order valence-electron chi connectivity index (χ4n) is 2.83. The van der Waals surface area contributed by atoms with E-state index in [9.17, 15) is 18.7 Å². The number of phenolic OH excluding ortho intramolecular Hbond substituents is 1. The van der Waals surface area contributed by atoms with E-state index in [0.29, 0.717) is 22.6 Å². The number of halogens is 2. The van der Waals surface area contributed by atoms with Crippen LogP contribution in [-0.4, -0.2) is 46.0 Å². The number of carbonyl (C=O) groups excluding carboxylic acids is 1. The van der Waals surface area contributed by atoms with Crippen LogP contribution in [0.3, 0.4) is 0 Å². The molecule has 2 heterocycles. The number of aromatic nitrogens is 3. The summed E-state index contributed by atoms with van der Waals surface area (Å²) in [7, 11) is 1.52. The summed E-state index contributed by atoms with van der Waals surface area (Å²) >= 11 is 0. The van der Waals surface area contributed by atoms with Gasteiger partial charge in [0.1, 0.15) is 23.6 Å². The normalized spacial score (nSPS) is 11.7. The van der Waals surface area contributed by atoms with Gasteiger partial charge in [0.25, 0.3) is 5.91 Å². The highest BCUT2D eigenvalue weighted by atomic mass is 19.1. The van der Waals surface area contributed by atoms with Crippen LogP contribution in [0.25, 0.3) is 11.3 Å². The molecule has 1 atom stereocenters. The number of carbonyl (C=O) groups is 1. The summed E-state index contributed by atoms with van der Waals surface area (Å²) in [6, 6.07) is 10.4. The summed E-state index contributed by atoms with van der Waals surface area (Å²) in [6.45, 7) is 0.279. The van der Waals surface area contributed by atoms with E-state index in [-0.39, 0.29) is 36.7 Å². The number of hydrogen-bond donors (Lipinski definition) is 3. The average molecular weight is 413 g/mol. The molecule has 1 amide bonds. The molecule has 0 spiro atoms. The molecule has 0 aliphatic rings. The summed E-state index contributed by atoms with van der Waals surface area (Å²) in [5.41, 5.74) is 1.25. The average Bonchev–Trinajstić information content (AvgIpc) is 2.76. The smallest absolute Gasteiger partial charge is 0.251 e.